The molecule has 0 radical (unpaired) electrons. The van der Waals surface area contributed by atoms with Crippen molar-refractivity contribution in [3.05, 3.63) is 42.0 Å². The van der Waals surface area contributed by atoms with E-state index in [0.29, 0.717) is 6.42 Å². The first kappa shape index (κ1) is 11.5. The monoisotopic (exact) mass is 205 g/mol. The van der Waals surface area contributed by atoms with Crippen LogP contribution in [-0.4, -0.2) is 19.1 Å². The van der Waals surface area contributed by atoms with Crippen molar-refractivity contribution >= 4 is 12.0 Å². The zero-order chi connectivity index (χ0) is 11.1. The summed E-state index contributed by atoms with van der Waals surface area (Å²) >= 11 is 0. The van der Waals surface area contributed by atoms with Crippen LogP contribution in [0.3, 0.4) is 0 Å². The molecule has 0 heterocycles. The zero-order valence-electron chi connectivity index (χ0n) is 8.72. The first-order valence-corrected chi connectivity index (χ1v) is 4.79. The summed E-state index contributed by atoms with van der Waals surface area (Å²) in [5.41, 5.74) is 6.66. The Bertz CT molecular complexity index is 333. The highest BCUT2D eigenvalue weighted by molar-refractivity contribution is 5.75. The van der Waals surface area contributed by atoms with Gasteiger partial charge in [-0.05, 0) is 12.0 Å². The molecule has 1 aromatic carbocycles. The van der Waals surface area contributed by atoms with Crippen molar-refractivity contribution in [1.29, 1.82) is 0 Å². The summed E-state index contributed by atoms with van der Waals surface area (Å²) in [7, 11) is 1.34. The highest BCUT2D eigenvalue weighted by Gasteiger charge is 2.10. The van der Waals surface area contributed by atoms with Crippen LogP contribution in [0.15, 0.2) is 36.4 Å². The van der Waals surface area contributed by atoms with Crippen molar-refractivity contribution in [2.75, 3.05) is 7.11 Å². The number of methoxy groups -OCH3 is 1. The minimum absolute atomic E-state index is 0.382. The highest BCUT2D eigenvalue weighted by Crippen LogP contribution is 2.03. The van der Waals surface area contributed by atoms with E-state index in [1.165, 1.54) is 7.11 Å². The van der Waals surface area contributed by atoms with Crippen LogP contribution in [0.4, 0.5) is 0 Å². The number of nitrogens with two attached hydrogens (primary N) is 1. The number of carbonyl (C=O) groups is 1. The maximum atomic E-state index is 11.0. The standard InChI is InChI=1S/C12H15NO2/c1-15-12(14)11(13)9-5-8-10-6-3-2-4-7-10/h2-8,11H,9,13H2,1H3. The second kappa shape index (κ2) is 5.98. The Hall–Kier alpha value is -1.61. The van der Waals surface area contributed by atoms with Crippen LogP contribution in [0.5, 0.6) is 0 Å². The molecule has 0 amide bonds. The van der Waals surface area contributed by atoms with Gasteiger partial charge in [-0.25, -0.2) is 0 Å². The third-order valence-electron chi connectivity index (χ3n) is 2.00. The van der Waals surface area contributed by atoms with Gasteiger partial charge in [0.05, 0.1) is 7.11 Å². The van der Waals surface area contributed by atoms with Crippen molar-refractivity contribution in [1.82, 2.24) is 0 Å². The second-order valence-corrected chi connectivity index (χ2v) is 3.18. The minimum atomic E-state index is -0.574. The molecule has 0 fully saturated rings. The van der Waals surface area contributed by atoms with Crippen LogP contribution in [0.2, 0.25) is 0 Å². The van der Waals surface area contributed by atoms with E-state index in [1.54, 1.807) is 0 Å². The van der Waals surface area contributed by atoms with Gasteiger partial charge in [-0.3, -0.25) is 4.79 Å². The van der Waals surface area contributed by atoms with Gasteiger partial charge in [0, 0.05) is 0 Å². The molecule has 1 unspecified atom stereocenters. The average molecular weight is 205 g/mol. The molecule has 1 rings (SSSR count). The summed E-state index contributed by atoms with van der Waals surface area (Å²) in [5, 5.41) is 0. The number of rotatable bonds is 4. The average Bonchev–Trinajstić information content (AvgIpc) is 2.29. The van der Waals surface area contributed by atoms with Crippen molar-refractivity contribution in [2.45, 2.75) is 12.5 Å². The van der Waals surface area contributed by atoms with E-state index < -0.39 is 6.04 Å². The number of hydrogen-bond donors (Lipinski definition) is 1. The summed E-state index contributed by atoms with van der Waals surface area (Å²) in [5.74, 6) is -0.382. The molecule has 1 atom stereocenters. The van der Waals surface area contributed by atoms with Crippen LogP contribution in [0.1, 0.15) is 12.0 Å². The smallest absolute Gasteiger partial charge is 0.322 e. The number of hydrogen-bond acceptors (Lipinski definition) is 3. The van der Waals surface area contributed by atoms with Gasteiger partial charge in [0.15, 0.2) is 0 Å². The van der Waals surface area contributed by atoms with E-state index in [1.807, 2.05) is 42.5 Å². The van der Waals surface area contributed by atoms with Crippen molar-refractivity contribution in [2.24, 2.45) is 5.73 Å². The molecular weight excluding hydrogens is 190 g/mol. The van der Waals surface area contributed by atoms with Gasteiger partial charge < -0.3 is 10.5 Å². The maximum Gasteiger partial charge on any atom is 0.322 e. The van der Waals surface area contributed by atoms with Gasteiger partial charge in [-0.15, -0.1) is 0 Å². The Balaban J connectivity index is 2.43. The number of carbonyl (C=O) groups excluding carboxylic acids is 1. The molecule has 80 valence electrons. The van der Waals surface area contributed by atoms with E-state index in [-0.39, 0.29) is 5.97 Å². The summed E-state index contributed by atoms with van der Waals surface area (Å²) in [6.07, 6.45) is 4.29. The molecule has 1 aromatic rings. The Morgan fingerprint density at radius 2 is 2.13 bits per heavy atom. The van der Waals surface area contributed by atoms with Gasteiger partial charge in [0.2, 0.25) is 0 Å². The lowest BCUT2D eigenvalue weighted by molar-refractivity contribution is -0.142. The fraction of sp³-hybridized carbons (Fsp3) is 0.250. The fourth-order valence-corrected chi connectivity index (χ4v) is 1.16. The normalized spacial score (nSPS) is 12.7. The van der Waals surface area contributed by atoms with Gasteiger partial charge in [0.25, 0.3) is 0 Å². The molecule has 0 spiro atoms. The van der Waals surface area contributed by atoms with E-state index >= 15 is 0 Å². The fourth-order valence-electron chi connectivity index (χ4n) is 1.16. The molecule has 3 heteroatoms. The molecule has 0 aliphatic carbocycles. The predicted molar refractivity (Wildman–Crippen MR) is 60.1 cm³/mol. The number of ether oxygens (including phenoxy) is 1. The molecule has 0 aliphatic rings. The quantitative estimate of drug-likeness (QED) is 0.759. The molecule has 0 aromatic heterocycles. The molecule has 0 saturated carbocycles. The van der Waals surface area contributed by atoms with Gasteiger partial charge >= 0.3 is 5.97 Å². The van der Waals surface area contributed by atoms with Crippen LogP contribution in [-0.2, 0) is 9.53 Å². The van der Waals surface area contributed by atoms with Crippen molar-refractivity contribution in [3.63, 3.8) is 0 Å². The summed E-state index contributed by atoms with van der Waals surface area (Å²) in [6.45, 7) is 0. The molecule has 2 N–H and O–H groups in total. The van der Waals surface area contributed by atoms with Crippen LogP contribution in [0.25, 0.3) is 6.08 Å². The Morgan fingerprint density at radius 3 is 2.73 bits per heavy atom. The third kappa shape index (κ3) is 3.95. The predicted octanol–water partition coefficient (Wildman–Crippen LogP) is 1.59. The molecule has 15 heavy (non-hydrogen) atoms. The Kier molecular flexibility index (Phi) is 4.57. The van der Waals surface area contributed by atoms with Gasteiger partial charge in [0.1, 0.15) is 6.04 Å². The van der Waals surface area contributed by atoms with Crippen LogP contribution in [0, 0.1) is 0 Å². The lowest BCUT2D eigenvalue weighted by Gasteiger charge is -2.04. The third-order valence-corrected chi connectivity index (χ3v) is 2.00. The van der Waals surface area contributed by atoms with Crippen LogP contribution >= 0.6 is 0 Å². The van der Waals surface area contributed by atoms with Crippen molar-refractivity contribution in [3.8, 4) is 0 Å². The maximum absolute atomic E-state index is 11.0. The SMILES string of the molecule is COC(=O)C(N)CC=Cc1ccccc1. The summed E-state index contributed by atoms with van der Waals surface area (Å²) in [4.78, 5) is 11.0. The van der Waals surface area contributed by atoms with Gasteiger partial charge in [-0.2, -0.15) is 0 Å². The topological polar surface area (TPSA) is 52.3 Å². The molecule has 3 nitrogen and oxygen atoms in total. The Labute approximate surface area is 89.5 Å². The van der Waals surface area contributed by atoms with E-state index in [4.69, 9.17) is 5.73 Å². The van der Waals surface area contributed by atoms with E-state index in [2.05, 4.69) is 4.74 Å². The molecule has 0 saturated heterocycles. The minimum Gasteiger partial charge on any atom is -0.468 e. The lowest BCUT2D eigenvalue weighted by Crippen LogP contribution is -2.30. The first-order chi connectivity index (χ1) is 7.24. The van der Waals surface area contributed by atoms with E-state index in [9.17, 15) is 4.79 Å². The van der Waals surface area contributed by atoms with E-state index in [0.717, 1.165) is 5.56 Å². The molecule has 0 bridgehead atoms. The summed E-state index contributed by atoms with van der Waals surface area (Å²) in [6, 6.07) is 9.27. The first-order valence-electron chi connectivity index (χ1n) is 4.79. The zero-order valence-corrected chi connectivity index (χ0v) is 8.72. The summed E-state index contributed by atoms with van der Waals surface area (Å²) < 4.78 is 4.52. The molecular formula is C12H15NO2. The Morgan fingerprint density at radius 1 is 1.47 bits per heavy atom. The lowest BCUT2D eigenvalue weighted by atomic mass is 10.1. The number of benzene rings is 1. The van der Waals surface area contributed by atoms with Crippen molar-refractivity contribution < 1.29 is 9.53 Å². The second-order valence-electron chi connectivity index (χ2n) is 3.18. The van der Waals surface area contributed by atoms with Gasteiger partial charge in [-0.1, -0.05) is 42.5 Å². The largest absolute Gasteiger partial charge is 0.468 e. The van der Waals surface area contributed by atoms with Crippen LogP contribution < -0.4 is 5.73 Å². The number of esters is 1. The molecule has 0 aliphatic heterocycles. The highest BCUT2D eigenvalue weighted by atomic mass is 16.5.